The van der Waals surface area contributed by atoms with Gasteiger partial charge in [0.1, 0.15) is 6.20 Å². The van der Waals surface area contributed by atoms with E-state index in [2.05, 4.69) is 15.3 Å². The van der Waals surface area contributed by atoms with Crippen LogP contribution in [-0.4, -0.2) is 33.9 Å². The first-order valence-corrected chi connectivity index (χ1v) is 6.99. The third kappa shape index (κ3) is 3.80. The molecule has 0 amide bonds. The molecule has 0 saturated heterocycles. The molecule has 0 bridgehead atoms. The van der Waals surface area contributed by atoms with Crippen LogP contribution >= 0.6 is 11.6 Å². The Labute approximate surface area is 122 Å². The molecule has 0 atom stereocenters. The fourth-order valence-electron chi connectivity index (χ4n) is 2.48. The van der Waals surface area contributed by atoms with E-state index in [0.29, 0.717) is 18.3 Å². The van der Waals surface area contributed by atoms with Gasteiger partial charge in [0, 0.05) is 6.54 Å². The van der Waals surface area contributed by atoms with Crippen molar-refractivity contribution in [3.05, 3.63) is 21.6 Å². The van der Waals surface area contributed by atoms with Gasteiger partial charge in [0.2, 0.25) is 11.1 Å². The molecule has 1 aromatic heterocycles. The standard InChI is InChI=1S/C11H16BClN4O3/c13-11-15-6-9(17(19)20)10(16-11)14-5-7-1-3-8(12-18)4-2-7/h6-8,12,18H,1-5H2,(H,14,15,16). The van der Waals surface area contributed by atoms with Crippen LogP contribution in [0.15, 0.2) is 6.20 Å². The molecule has 108 valence electrons. The van der Waals surface area contributed by atoms with Gasteiger partial charge >= 0.3 is 5.69 Å². The van der Waals surface area contributed by atoms with Crippen molar-refractivity contribution >= 4 is 30.6 Å². The van der Waals surface area contributed by atoms with Crippen LogP contribution in [0.4, 0.5) is 11.5 Å². The molecule has 1 heterocycles. The van der Waals surface area contributed by atoms with Crippen molar-refractivity contribution in [3.8, 4) is 0 Å². The number of halogens is 1. The lowest BCUT2D eigenvalue weighted by Gasteiger charge is -2.26. The van der Waals surface area contributed by atoms with E-state index < -0.39 is 4.92 Å². The van der Waals surface area contributed by atoms with Crippen molar-refractivity contribution in [1.82, 2.24) is 9.97 Å². The minimum absolute atomic E-state index is 0.0120. The SMILES string of the molecule is O=[N+]([O-])c1cnc(Cl)nc1NCC1CCC(BO)CC1. The second kappa shape index (κ2) is 6.85. The molecule has 1 saturated carbocycles. The predicted octanol–water partition coefficient (Wildman–Crippen LogP) is 1.77. The lowest BCUT2D eigenvalue weighted by atomic mass is 9.68. The summed E-state index contributed by atoms with van der Waals surface area (Å²) in [6.45, 7) is 0.617. The zero-order chi connectivity index (χ0) is 14.5. The molecule has 7 nitrogen and oxygen atoms in total. The Kier molecular flexibility index (Phi) is 5.14. The van der Waals surface area contributed by atoms with E-state index in [4.69, 9.17) is 16.6 Å². The van der Waals surface area contributed by atoms with Crippen molar-refractivity contribution in [3.63, 3.8) is 0 Å². The maximum absolute atomic E-state index is 10.9. The van der Waals surface area contributed by atoms with Gasteiger partial charge in [-0.25, -0.2) is 4.98 Å². The normalized spacial score (nSPS) is 22.3. The Balaban J connectivity index is 1.94. The first-order valence-electron chi connectivity index (χ1n) is 6.61. The van der Waals surface area contributed by atoms with E-state index in [9.17, 15) is 10.1 Å². The molecule has 0 aliphatic heterocycles. The maximum Gasteiger partial charge on any atom is 0.329 e. The van der Waals surface area contributed by atoms with Gasteiger partial charge in [0.25, 0.3) is 7.48 Å². The van der Waals surface area contributed by atoms with Crippen molar-refractivity contribution < 1.29 is 9.95 Å². The fourth-order valence-corrected chi connectivity index (χ4v) is 2.61. The molecule has 0 unspecified atom stereocenters. The van der Waals surface area contributed by atoms with Gasteiger partial charge in [-0.1, -0.05) is 12.8 Å². The molecule has 20 heavy (non-hydrogen) atoms. The van der Waals surface area contributed by atoms with Crippen LogP contribution in [0.25, 0.3) is 0 Å². The van der Waals surface area contributed by atoms with Gasteiger partial charge in [0.05, 0.1) is 4.92 Å². The number of aromatic nitrogens is 2. The first kappa shape index (κ1) is 15.0. The largest absolute Gasteiger partial charge is 0.454 e. The molecule has 1 fully saturated rings. The summed E-state index contributed by atoms with van der Waals surface area (Å²) in [6, 6.07) is 0. The number of hydrogen-bond acceptors (Lipinski definition) is 6. The molecule has 1 aliphatic carbocycles. The van der Waals surface area contributed by atoms with Crippen LogP contribution < -0.4 is 5.32 Å². The first-order chi connectivity index (χ1) is 9.60. The van der Waals surface area contributed by atoms with Crippen LogP contribution in [0, 0.1) is 16.0 Å². The lowest BCUT2D eigenvalue weighted by Crippen LogP contribution is -2.22. The summed E-state index contributed by atoms with van der Waals surface area (Å²) < 4.78 is 0. The van der Waals surface area contributed by atoms with Crippen molar-refractivity contribution in [2.75, 3.05) is 11.9 Å². The minimum atomic E-state index is -0.526. The summed E-state index contributed by atoms with van der Waals surface area (Å²) in [5.41, 5.74) is -0.168. The quantitative estimate of drug-likeness (QED) is 0.372. The summed E-state index contributed by atoms with van der Waals surface area (Å²) in [7, 11) is 0.243. The molecule has 0 spiro atoms. The number of nitrogens with zero attached hydrogens (tertiary/aromatic N) is 3. The molecule has 1 aliphatic rings. The lowest BCUT2D eigenvalue weighted by molar-refractivity contribution is -0.384. The van der Waals surface area contributed by atoms with Crippen molar-refractivity contribution in [2.45, 2.75) is 31.5 Å². The van der Waals surface area contributed by atoms with E-state index in [0.717, 1.165) is 31.9 Å². The Bertz CT molecular complexity index is 483. The molecule has 2 N–H and O–H groups in total. The van der Waals surface area contributed by atoms with Crippen LogP contribution in [0.2, 0.25) is 11.1 Å². The second-order valence-corrected chi connectivity index (χ2v) is 5.42. The van der Waals surface area contributed by atoms with Gasteiger partial charge in [-0.2, -0.15) is 4.98 Å². The van der Waals surface area contributed by atoms with E-state index in [1.807, 2.05) is 0 Å². The Morgan fingerprint density at radius 3 is 2.80 bits per heavy atom. The molecule has 9 heteroatoms. The number of nitrogens with one attached hydrogen (secondary N) is 1. The highest BCUT2D eigenvalue weighted by Gasteiger charge is 2.23. The average molecular weight is 299 g/mol. The van der Waals surface area contributed by atoms with Crippen LogP contribution in [-0.2, 0) is 0 Å². The third-order valence-corrected chi connectivity index (χ3v) is 3.90. The summed E-state index contributed by atoms with van der Waals surface area (Å²) in [6.07, 6.45) is 5.11. The van der Waals surface area contributed by atoms with E-state index in [1.165, 1.54) is 0 Å². The zero-order valence-electron chi connectivity index (χ0n) is 11.0. The highest BCUT2D eigenvalue weighted by atomic mass is 35.5. The van der Waals surface area contributed by atoms with Crippen molar-refractivity contribution in [1.29, 1.82) is 0 Å². The number of nitro groups is 1. The van der Waals surface area contributed by atoms with Crippen molar-refractivity contribution in [2.24, 2.45) is 5.92 Å². The van der Waals surface area contributed by atoms with Gasteiger partial charge in [0.15, 0.2) is 0 Å². The van der Waals surface area contributed by atoms with Gasteiger partial charge in [-0.05, 0) is 36.2 Å². The van der Waals surface area contributed by atoms with Gasteiger partial charge < -0.3 is 10.3 Å². The number of hydrogen-bond donors (Lipinski definition) is 2. The molecular weight excluding hydrogens is 282 g/mol. The van der Waals surface area contributed by atoms with Gasteiger partial charge in [-0.15, -0.1) is 0 Å². The summed E-state index contributed by atoms with van der Waals surface area (Å²) in [5.74, 6) is 1.000. The molecule has 1 aromatic rings. The average Bonchev–Trinajstić information content (AvgIpc) is 2.45. The summed E-state index contributed by atoms with van der Waals surface area (Å²) >= 11 is 5.67. The van der Waals surface area contributed by atoms with E-state index >= 15 is 0 Å². The van der Waals surface area contributed by atoms with Gasteiger partial charge in [-0.3, -0.25) is 10.1 Å². The predicted molar refractivity (Wildman–Crippen MR) is 77.3 cm³/mol. The fraction of sp³-hybridized carbons (Fsp3) is 0.636. The maximum atomic E-state index is 10.9. The zero-order valence-corrected chi connectivity index (χ0v) is 11.7. The highest BCUT2D eigenvalue weighted by Crippen LogP contribution is 2.32. The number of rotatable bonds is 5. The molecule has 0 radical (unpaired) electrons. The van der Waals surface area contributed by atoms with E-state index in [1.54, 1.807) is 0 Å². The smallest absolute Gasteiger partial charge is 0.329 e. The third-order valence-electron chi connectivity index (χ3n) is 3.72. The molecule has 2 rings (SSSR count). The second-order valence-electron chi connectivity index (χ2n) is 5.08. The minimum Gasteiger partial charge on any atom is -0.454 e. The summed E-state index contributed by atoms with van der Waals surface area (Å²) in [5, 5.41) is 23.0. The van der Waals surface area contributed by atoms with Crippen LogP contribution in [0.5, 0.6) is 0 Å². The Morgan fingerprint density at radius 2 is 2.20 bits per heavy atom. The monoisotopic (exact) mass is 298 g/mol. The Morgan fingerprint density at radius 1 is 1.50 bits per heavy atom. The Hall–Kier alpha value is -1.41. The topological polar surface area (TPSA) is 101 Å². The molecular formula is C11H16BClN4O3. The number of anilines is 1. The van der Waals surface area contributed by atoms with Crippen LogP contribution in [0.1, 0.15) is 25.7 Å². The van der Waals surface area contributed by atoms with E-state index in [-0.39, 0.29) is 24.3 Å². The molecule has 0 aromatic carbocycles. The highest BCUT2D eigenvalue weighted by molar-refractivity contribution is 6.28. The summed E-state index contributed by atoms with van der Waals surface area (Å²) in [4.78, 5) is 17.8. The van der Waals surface area contributed by atoms with Crippen LogP contribution in [0.3, 0.4) is 0 Å².